The molecule has 0 aliphatic carbocycles. The number of hydrogen-bond donors (Lipinski definition) is 2. The van der Waals surface area contributed by atoms with Crippen LogP contribution in [-0.4, -0.2) is 23.9 Å². The van der Waals surface area contributed by atoms with Crippen molar-refractivity contribution in [3.63, 3.8) is 0 Å². The summed E-state index contributed by atoms with van der Waals surface area (Å²) in [6, 6.07) is 5.19. The van der Waals surface area contributed by atoms with Gasteiger partial charge in [0.2, 0.25) is 0 Å². The molecule has 1 rings (SSSR count). The minimum atomic E-state index is -0.0713. The Bertz CT molecular complexity index is 411. The molecule has 0 unspecified atom stereocenters. The van der Waals surface area contributed by atoms with Gasteiger partial charge in [0.05, 0.1) is 5.56 Å². The Morgan fingerprint density at radius 3 is 1.84 bits per heavy atom. The first-order chi connectivity index (χ1) is 8.82. The number of nitrogens with two attached hydrogens (primary N) is 2. The number of anilines is 2. The molecule has 1 aromatic carbocycles. The number of benzene rings is 1. The largest absolute Gasteiger partial charge is 0.398 e. The number of nitrogens with zero attached hydrogens (tertiary/aromatic N) is 1. The lowest BCUT2D eigenvalue weighted by atomic mass is 10.1. The van der Waals surface area contributed by atoms with Crippen molar-refractivity contribution in [1.82, 2.24) is 4.90 Å². The molecule has 1 amide bonds. The predicted molar refractivity (Wildman–Crippen MR) is 80.8 cm³/mol. The first kappa shape index (κ1) is 15.3. The SMILES string of the molecule is CC(C)CN(CC(C)C)C(=O)c1c(N)cccc1N. The van der Waals surface area contributed by atoms with Gasteiger partial charge < -0.3 is 16.4 Å². The predicted octanol–water partition coefficient (Wildman–Crippen LogP) is 2.61. The van der Waals surface area contributed by atoms with Crippen molar-refractivity contribution < 1.29 is 4.79 Å². The van der Waals surface area contributed by atoms with Crippen LogP contribution in [0.1, 0.15) is 38.1 Å². The zero-order valence-corrected chi connectivity index (χ0v) is 12.3. The Morgan fingerprint density at radius 2 is 1.47 bits per heavy atom. The van der Waals surface area contributed by atoms with E-state index in [1.807, 2.05) is 4.90 Å². The molecular formula is C15H25N3O. The zero-order valence-electron chi connectivity index (χ0n) is 12.3. The molecule has 0 aliphatic heterocycles. The third-order valence-electron chi connectivity index (χ3n) is 2.80. The molecule has 4 N–H and O–H groups in total. The van der Waals surface area contributed by atoms with Crippen molar-refractivity contribution in [3.05, 3.63) is 23.8 Å². The van der Waals surface area contributed by atoms with Crippen molar-refractivity contribution >= 4 is 17.3 Å². The molecule has 0 saturated heterocycles. The number of amides is 1. The summed E-state index contributed by atoms with van der Waals surface area (Å²) in [5.74, 6) is 0.751. The molecule has 0 bridgehead atoms. The van der Waals surface area contributed by atoms with Gasteiger partial charge in [-0.1, -0.05) is 33.8 Å². The van der Waals surface area contributed by atoms with Gasteiger partial charge in [0.1, 0.15) is 0 Å². The second kappa shape index (κ2) is 6.45. The molecule has 0 aliphatic rings. The smallest absolute Gasteiger partial charge is 0.258 e. The molecule has 0 fully saturated rings. The van der Waals surface area contributed by atoms with E-state index < -0.39 is 0 Å². The maximum Gasteiger partial charge on any atom is 0.258 e. The summed E-state index contributed by atoms with van der Waals surface area (Å²) in [5, 5.41) is 0. The van der Waals surface area contributed by atoms with E-state index >= 15 is 0 Å². The average molecular weight is 263 g/mol. The first-order valence-corrected chi connectivity index (χ1v) is 6.76. The summed E-state index contributed by atoms with van der Waals surface area (Å²) in [6.45, 7) is 9.81. The van der Waals surface area contributed by atoms with E-state index in [4.69, 9.17) is 11.5 Å². The van der Waals surface area contributed by atoms with Gasteiger partial charge in [0, 0.05) is 24.5 Å². The van der Waals surface area contributed by atoms with Crippen LogP contribution in [0.25, 0.3) is 0 Å². The number of carbonyl (C=O) groups is 1. The molecule has 106 valence electrons. The highest BCUT2D eigenvalue weighted by atomic mass is 16.2. The number of carbonyl (C=O) groups excluding carboxylic acids is 1. The van der Waals surface area contributed by atoms with Crippen LogP contribution < -0.4 is 11.5 Å². The maximum atomic E-state index is 12.6. The molecule has 0 aromatic heterocycles. The van der Waals surface area contributed by atoms with E-state index in [1.54, 1.807) is 18.2 Å². The lowest BCUT2D eigenvalue weighted by Gasteiger charge is -2.27. The van der Waals surface area contributed by atoms with E-state index in [0.717, 1.165) is 0 Å². The molecule has 0 heterocycles. The lowest BCUT2D eigenvalue weighted by molar-refractivity contribution is 0.0717. The highest BCUT2D eigenvalue weighted by molar-refractivity contribution is 6.04. The van der Waals surface area contributed by atoms with Gasteiger partial charge in [-0.15, -0.1) is 0 Å². The Morgan fingerprint density at radius 1 is 1.05 bits per heavy atom. The fourth-order valence-corrected chi connectivity index (χ4v) is 2.12. The van der Waals surface area contributed by atoms with Crippen molar-refractivity contribution in [3.8, 4) is 0 Å². The van der Waals surface area contributed by atoms with E-state index in [1.165, 1.54) is 0 Å². The summed E-state index contributed by atoms with van der Waals surface area (Å²) in [4.78, 5) is 14.5. The summed E-state index contributed by atoms with van der Waals surface area (Å²) in [7, 11) is 0. The number of rotatable bonds is 5. The Hall–Kier alpha value is -1.71. The van der Waals surface area contributed by atoms with Crippen LogP contribution in [0.3, 0.4) is 0 Å². The van der Waals surface area contributed by atoms with Gasteiger partial charge in [-0.3, -0.25) is 4.79 Å². The second-order valence-electron chi connectivity index (χ2n) is 5.81. The Kier molecular flexibility index (Phi) is 5.21. The first-order valence-electron chi connectivity index (χ1n) is 6.76. The molecule has 0 saturated carbocycles. The molecule has 4 heteroatoms. The van der Waals surface area contributed by atoms with E-state index in [-0.39, 0.29) is 5.91 Å². The van der Waals surface area contributed by atoms with Gasteiger partial charge in [-0.25, -0.2) is 0 Å². The molecular weight excluding hydrogens is 238 g/mol. The summed E-state index contributed by atoms with van der Waals surface area (Å²) < 4.78 is 0. The second-order valence-corrected chi connectivity index (χ2v) is 5.81. The van der Waals surface area contributed by atoms with Crippen LogP contribution in [0, 0.1) is 11.8 Å². The van der Waals surface area contributed by atoms with Crippen LogP contribution >= 0.6 is 0 Å². The monoisotopic (exact) mass is 263 g/mol. The molecule has 4 nitrogen and oxygen atoms in total. The van der Waals surface area contributed by atoms with Crippen molar-refractivity contribution in [1.29, 1.82) is 0 Å². The standard InChI is InChI=1S/C15H25N3O/c1-10(2)8-18(9-11(3)4)15(19)14-12(16)6-5-7-13(14)17/h5-7,10-11H,8-9,16-17H2,1-4H3. The van der Waals surface area contributed by atoms with Gasteiger partial charge >= 0.3 is 0 Å². The fraction of sp³-hybridized carbons (Fsp3) is 0.533. The summed E-state index contributed by atoms with van der Waals surface area (Å²) in [6.07, 6.45) is 0. The van der Waals surface area contributed by atoms with Gasteiger partial charge in [-0.05, 0) is 24.0 Å². The molecule has 19 heavy (non-hydrogen) atoms. The van der Waals surface area contributed by atoms with Gasteiger partial charge in [-0.2, -0.15) is 0 Å². The minimum absolute atomic E-state index is 0.0713. The van der Waals surface area contributed by atoms with E-state index in [9.17, 15) is 4.79 Å². The van der Waals surface area contributed by atoms with Crippen molar-refractivity contribution in [2.75, 3.05) is 24.6 Å². The average Bonchev–Trinajstić information content (AvgIpc) is 2.26. The molecule has 0 spiro atoms. The van der Waals surface area contributed by atoms with Crippen LogP contribution in [-0.2, 0) is 0 Å². The highest BCUT2D eigenvalue weighted by Gasteiger charge is 2.21. The number of nitrogen functional groups attached to an aromatic ring is 2. The van der Waals surface area contributed by atoms with Crippen LogP contribution in [0.5, 0.6) is 0 Å². The molecule has 0 atom stereocenters. The van der Waals surface area contributed by atoms with E-state index in [0.29, 0.717) is 41.9 Å². The van der Waals surface area contributed by atoms with Crippen LogP contribution in [0.15, 0.2) is 18.2 Å². The topological polar surface area (TPSA) is 72.3 Å². The quantitative estimate of drug-likeness (QED) is 0.802. The lowest BCUT2D eigenvalue weighted by Crippen LogP contribution is -2.37. The maximum absolute atomic E-state index is 12.6. The third kappa shape index (κ3) is 4.16. The molecule has 0 radical (unpaired) electrons. The normalized spacial score (nSPS) is 11.1. The van der Waals surface area contributed by atoms with Crippen molar-refractivity contribution in [2.24, 2.45) is 11.8 Å². The Labute approximate surface area is 115 Å². The van der Waals surface area contributed by atoms with Crippen molar-refractivity contribution in [2.45, 2.75) is 27.7 Å². The van der Waals surface area contributed by atoms with Gasteiger partial charge in [0.15, 0.2) is 0 Å². The fourth-order valence-electron chi connectivity index (χ4n) is 2.12. The summed E-state index contributed by atoms with van der Waals surface area (Å²) in [5.41, 5.74) is 13.1. The minimum Gasteiger partial charge on any atom is -0.398 e. The molecule has 1 aromatic rings. The van der Waals surface area contributed by atoms with Gasteiger partial charge in [0.25, 0.3) is 5.91 Å². The Balaban J connectivity index is 3.04. The van der Waals surface area contributed by atoms with Crippen LogP contribution in [0.2, 0.25) is 0 Å². The van der Waals surface area contributed by atoms with Crippen LogP contribution in [0.4, 0.5) is 11.4 Å². The summed E-state index contributed by atoms with van der Waals surface area (Å²) >= 11 is 0. The highest BCUT2D eigenvalue weighted by Crippen LogP contribution is 2.22. The number of hydrogen-bond acceptors (Lipinski definition) is 3. The third-order valence-corrected chi connectivity index (χ3v) is 2.80. The zero-order chi connectivity index (χ0) is 14.6. The van der Waals surface area contributed by atoms with E-state index in [2.05, 4.69) is 27.7 Å².